The number of hydrogen-bond acceptors (Lipinski definition) is 4. The van der Waals surface area contributed by atoms with Crippen LogP contribution in [0.4, 0.5) is 0 Å². The van der Waals surface area contributed by atoms with E-state index in [0.717, 1.165) is 32.8 Å². The molecule has 3 nitrogen and oxygen atoms in total. The summed E-state index contributed by atoms with van der Waals surface area (Å²) >= 11 is 5.27. The van der Waals surface area contributed by atoms with Crippen LogP contribution in [-0.4, -0.2) is 43.3 Å². The minimum Gasteiger partial charge on any atom is -0.374 e. The van der Waals surface area contributed by atoms with Crippen LogP contribution in [0.15, 0.2) is 15.9 Å². The molecule has 0 radical (unpaired) electrons. The van der Waals surface area contributed by atoms with Crippen LogP contribution in [0.25, 0.3) is 0 Å². The minimum absolute atomic E-state index is 0.324. The van der Waals surface area contributed by atoms with Crippen LogP contribution in [0.5, 0.6) is 0 Å². The minimum atomic E-state index is 0.324. The van der Waals surface area contributed by atoms with Crippen molar-refractivity contribution in [3.8, 4) is 0 Å². The van der Waals surface area contributed by atoms with Crippen LogP contribution in [0.3, 0.4) is 0 Å². The van der Waals surface area contributed by atoms with Gasteiger partial charge in [-0.15, -0.1) is 11.3 Å². The van der Waals surface area contributed by atoms with E-state index in [9.17, 15) is 0 Å². The fourth-order valence-electron chi connectivity index (χ4n) is 2.14. The van der Waals surface area contributed by atoms with Crippen LogP contribution in [-0.2, 0) is 11.3 Å². The highest BCUT2D eigenvalue weighted by atomic mass is 79.9. The largest absolute Gasteiger partial charge is 0.374 e. The Morgan fingerprint density at radius 1 is 1.56 bits per heavy atom. The number of morpholine rings is 1. The average molecular weight is 333 g/mol. The second kappa shape index (κ2) is 7.01. The lowest BCUT2D eigenvalue weighted by Gasteiger charge is -2.35. The summed E-state index contributed by atoms with van der Waals surface area (Å²) in [7, 11) is 0. The van der Waals surface area contributed by atoms with Gasteiger partial charge < -0.3 is 10.1 Å². The average Bonchev–Trinajstić information content (AvgIpc) is 2.75. The summed E-state index contributed by atoms with van der Waals surface area (Å²) in [5.41, 5.74) is 0. The molecular formula is C13H21BrN2OS. The van der Waals surface area contributed by atoms with Gasteiger partial charge in [0, 0.05) is 37.1 Å². The predicted octanol–water partition coefficient (Wildman–Crippen LogP) is 2.71. The Balaban J connectivity index is 1.70. The number of halogens is 1. The highest BCUT2D eigenvalue weighted by Crippen LogP contribution is 2.21. The molecule has 1 atom stereocenters. The fourth-order valence-corrected chi connectivity index (χ4v) is 3.59. The van der Waals surface area contributed by atoms with E-state index < -0.39 is 0 Å². The molecule has 1 unspecified atom stereocenters. The van der Waals surface area contributed by atoms with Gasteiger partial charge in [0.2, 0.25) is 0 Å². The molecule has 1 aromatic heterocycles. The monoisotopic (exact) mass is 332 g/mol. The van der Waals surface area contributed by atoms with Crippen molar-refractivity contribution >= 4 is 27.3 Å². The maximum atomic E-state index is 5.79. The molecule has 0 aliphatic carbocycles. The van der Waals surface area contributed by atoms with Crippen molar-refractivity contribution in [2.24, 2.45) is 0 Å². The quantitative estimate of drug-likeness (QED) is 0.897. The number of nitrogens with one attached hydrogen (secondary N) is 1. The highest BCUT2D eigenvalue weighted by molar-refractivity contribution is 9.11. The van der Waals surface area contributed by atoms with Gasteiger partial charge in [-0.25, -0.2) is 0 Å². The van der Waals surface area contributed by atoms with Gasteiger partial charge in [-0.1, -0.05) is 0 Å². The van der Waals surface area contributed by atoms with Crippen LogP contribution in [0, 0.1) is 0 Å². The van der Waals surface area contributed by atoms with Crippen molar-refractivity contribution in [3.63, 3.8) is 0 Å². The summed E-state index contributed by atoms with van der Waals surface area (Å²) in [4.78, 5) is 3.84. The molecule has 0 aromatic carbocycles. The molecule has 0 amide bonds. The number of nitrogens with zero attached hydrogens (tertiary/aromatic N) is 1. The topological polar surface area (TPSA) is 24.5 Å². The lowest BCUT2D eigenvalue weighted by molar-refractivity contribution is -0.0372. The molecule has 1 saturated heterocycles. The Kier molecular flexibility index (Phi) is 5.63. The first kappa shape index (κ1) is 14.5. The Hall–Kier alpha value is 0.0600. The third kappa shape index (κ3) is 4.31. The smallest absolute Gasteiger partial charge is 0.0826 e. The SMILES string of the molecule is CC(C)N1CCOC(CNCc2ccc(Br)s2)C1. The maximum Gasteiger partial charge on any atom is 0.0826 e. The number of ether oxygens (including phenoxy) is 1. The molecule has 18 heavy (non-hydrogen) atoms. The first-order chi connectivity index (χ1) is 8.65. The zero-order valence-electron chi connectivity index (χ0n) is 11.0. The summed E-state index contributed by atoms with van der Waals surface area (Å²) in [5.74, 6) is 0. The van der Waals surface area contributed by atoms with E-state index in [1.54, 1.807) is 11.3 Å². The summed E-state index contributed by atoms with van der Waals surface area (Å²) in [5, 5.41) is 3.48. The van der Waals surface area contributed by atoms with Crippen molar-refractivity contribution < 1.29 is 4.74 Å². The fraction of sp³-hybridized carbons (Fsp3) is 0.692. The first-order valence-corrected chi connectivity index (χ1v) is 8.06. The Labute approximate surface area is 122 Å². The lowest BCUT2D eigenvalue weighted by atomic mass is 10.2. The molecule has 102 valence electrons. The zero-order chi connectivity index (χ0) is 13.0. The van der Waals surface area contributed by atoms with E-state index in [0.29, 0.717) is 12.1 Å². The predicted molar refractivity (Wildman–Crippen MR) is 80.2 cm³/mol. The van der Waals surface area contributed by atoms with E-state index >= 15 is 0 Å². The summed E-state index contributed by atoms with van der Waals surface area (Å²) < 4.78 is 6.99. The van der Waals surface area contributed by atoms with E-state index in [2.05, 4.69) is 52.1 Å². The molecule has 1 aliphatic rings. The van der Waals surface area contributed by atoms with Crippen molar-refractivity contribution in [2.45, 2.75) is 32.5 Å². The molecule has 2 rings (SSSR count). The molecule has 1 aromatic rings. The Morgan fingerprint density at radius 2 is 2.39 bits per heavy atom. The molecule has 1 N–H and O–H groups in total. The number of rotatable bonds is 5. The van der Waals surface area contributed by atoms with Gasteiger partial charge >= 0.3 is 0 Å². The number of thiophene rings is 1. The summed E-state index contributed by atoms with van der Waals surface area (Å²) in [6.45, 7) is 9.31. The highest BCUT2D eigenvalue weighted by Gasteiger charge is 2.21. The van der Waals surface area contributed by atoms with Crippen molar-refractivity contribution in [2.75, 3.05) is 26.2 Å². The lowest BCUT2D eigenvalue weighted by Crippen LogP contribution is -2.48. The Bertz CT molecular complexity index is 370. The molecule has 1 aliphatic heterocycles. The molecule has 0 saturated carbocycles. The van der Waals surface area contributed by atoms with Gasteiger partial charge in [0.15, 0.2) is 0 Å². The van der Waals surface area contributed by atoms with Gasteiger partial charge in [-0.05, 0) is 41.9 Å². The van der Waals surface area contributed by atoms with E-state index in [-0.39, 0.29) is 0 Å². The van der Waals surface area contributed by atoms with Gasteiger partial charge in [0.1, 0.15) is 0 Å². The Morgan fingerprint density at radius 3 is 3.06 bits per heavy atom. The van der Waals surface area contributed by atoms with E-state index in [4.69, 9.17) is 4.74 Å². The molecular weight excluding hydrogens is 312 g/mol. The molecule has 2 heterocycles. The van der Waals surface area contributed by atoms with E-state index in [1.165, 1.54) is 8.66 Å². The molecule has 0 bridgehead atoms. The second-order valence-electron chi connectivity index (χ2n) is 4.92. The summed E-state index contributed by atoms with van der Waals surface area (Å²) in [6, 6.07) is 4.87. The van der Waals surface area contributed by atoms with E-state index in [1.807, 2.05) is 0 Å². The standard InChI is InChI=1S/C13H21BrN2OS/c1-10(2)16-5-6-17-11(9-16)7-15-8-12-3-4-13(14)18-12/h3-4,10-11,15H,5-9H2,1-2H3. The van der Waals surface area contributed by atoms with Gasteiger partial charge in [0.05, 0.1) is 16.5 Å². The number of hydrogen-bond donors (Lipinski definition) is 1. The maximum absolute atomic E-state index is 5.79. The zero-order valence-corrected chi connectivity index (χ0v) is 13.4. The van der Waals surface area contributed by atoms with Crippen molar-refractivity contribution in [3.05, 3.63) is 20.8 Å². The van der Waals surface area contributed by atoms with Crippen molar-refractivity contribution in [1.29, 1.82) is 0 Å². The van der Waals surface area contributed by atoms with Gasteiger partial charge in [0.25, 0.3) is 0 Å². The van der Waals surface area contributed by atoms with Gasteiger partial charge in [-0.2, -0.15) is 0 Å². The van der Waals surface area contributed by atoms with Gasteiger partial charge in [-0.3, -0.25) is 4.90 Å². The third-order valence-electron chi connectivity index (χ3n) is 3.20. The first-order valence-electron chi connectivity index (χ1n) is 6.45. The van der Waals surface area contributed by atoms with Crippen LogP contribution < -0.4 is 5.32 Å². The summed E-state index contributed by atoms with van der Waals surface area (Å²) in [6.07, 6.45) is 0.324. The van der Waals surface area contributed by atoms with Crippen molar-refractivity contribution in [1.82, 2.24) is 10.2 Å². The molecule has 1 fully saturated rings. The molecule has 5 heteroatoms. The normalized spacial score (nSPS) is 21.7. The third-order valence-corrected chi connectivity index (χ3v) is 4.82. The second-order valence-corrected chi connectivity index (χ2v) is 7.47. The van der Waals surface area contributed by atoms with Crippen LogP contribution in [0.1, 0.15) is 18.7 Å². The molecule has 0 spiro atoms. The van der Waals surface area contributed by atoms with Crippen LogP contribution in [0.2, 0.25) is 0 Å². The van der Waals surface area contributed by atoms with Crippen LogP contribution >= 0.6 is 27.3 Å².